The SMILES string of the molecule is O=[N+]([O-])c1ccc(COc2ccc([C@@H]3Nc4c(ccc5ccccc45)[C@@H]4C=CC[C@@H]43)cc2)cc1. The lowest BCUT2D eigenvalue weighted by molar-refractivity contribution is -0.384. The molecular formula is C29H24N2O3. The first-order valence-electron chi connectivity index (χ1n) is 11.6. The van der Waals surface area contributed by atoms with Crippen molar-refractivity contribution in [3.8, 4) is 5.75 Å². The molecule has 1 heterocycles. The van der Waals surface area contributed by atoms with E-state index in [4.69, 9.17) is 4.74 Å². The number of rotatable bonds is 5. The number of non-ortho nitro benzene ring substituents is 1. The van der Waals surface area contributed by atoms with E-state index in [2.05, 4.69) is 66.0 Å². The van der Waals surface area contributed by atoms with Crippen LogP contribution in [-0.4, -0.2) is 4.92 Å². The van der Waals surface area contributed by atoms with Gasteiger partial charge in [-0.3, -0.25) is 10.1 Å². The third kappa shape index (κ3) is 3.59. The highest BCUT2D eigenvalue weighted by Crippen LogP contribution is 2.51. The molecule has 1 N–H and O–H groups in total. The predicted octanol–water partition coefficient (Wildman–Crippen LogP) is 7.15. The maximum absolute atomic E-state index is 10.8. The summed E-state index contributed by atoms with van der Waals surface area (Å²) in [6, 6.07) is 28.1. The highest BCUT2D eigenvalue weighted by molar-refractivity contribution is 5.96. The van der Waals surface area contributed by atoms with Gasteiger partial charge in [0, 0.05) is 29.1 Å². The molecule has 0 aromatic heterocycles. The van der Waals surface area contributed by atoms with Crippen LogP contribution in [0.4, 0.5) is 11.4 Å². The van der Waals surface area contributed by atoms with Crippen LogP contribution in [0, 0.1) is 16.0 Å². The van der Waals surface area contributed by atoms with Crippen molar-refractivity contribution in [3.63, 3.8) is 0 Å². The summed E-state index contributed by atoms with van der Waals surface area (Å²) in [6.45, 7) is 0.368. The summed E-state index contributed by atoms with van der Waals surface area (Å²) in [5.41, 5.74) is 4.86. The Morgan fingerprint density at radius 2 is 1.74 bits per heavy atom. The number of hydrogen-bond acceptors (Lipinski definition) is 4. The van der Waals surface area contributed by atoms with Gasteiger partial charge in [0.15, 0.2) is 0 Å². The first-order chi connectivity index (χ1) is 16.7. The molecule has 1 aliphatic carbocycles. The second-order valence-electron chi connectivity index (χ2n) is 9.01. The molecule has 0 radical (unpaired) electrons. The van der Waals surface area contributed by atoms with Crippen molar-refractivity contribution >= 4 is 22.1 Å². The number of benzene rings is 4. The fourth-order valence-corrected chi connectivity index (χ4v) is 5.32. The van der Waals surface area contributed by atoms with Crippen LogP contribution in [0.25, 0.3) is 10.8 Å². The van der Waals surface area contributed by atoms with Crippen LogP contribution in [0.1, 0.15) is 35.1 Å². The average Bonchev–Trinajstić information content (AvgIpc) is 3.38. The smallest absolute Gasteiger partial charge is 0.269 e. The van der Waals surface area contributed by atoms with Crippen molar-refractivity contribution in [1.29, 1.82) is 0 Å². The zero-order valence-corrected chi connectivity index (χ0v) is 18.6. The van der Waals surface area contributed by atoms with Crippen molar-refractivity contribution in [3.05, 3.63) is 124 Å². The van der Waals surface area contributed by atoms with Gasteiger partial charge in [-0.15, -0.1) is 0 Å². The molecule has 0 amide bonds. The summed E-state index contributed by atoms with van der Waals surface area (Å²) < 4.78 is 5.93. The zero-order valence-electron chi connectivity index (χ0n) is 18.6. The van der Waals surface area contributed by atoms with Gasteiger partial charge in [-0.1, -0.05) is 60.7 Å². The quantitative estimate of drug-likeness (QED) is 0.200. The maximum atomic E-state index is 10.8. The molecule has 0 saturated carbocycles. The Labute approximate surface area is 197 Å². The van der Waals surface area contributed by atoms with E-state index in [0.717, 1.165) is 17.7 Å². The molecule has 0 spiro atoms. The molecule has 34 heavy (non-hydrogen) atoms. The second kappa shape index (κ2) is 8.34. The van der Waals surface area contributed by atoms with E-state index in [1.807, 2.05) is 12.1 Å². The Bertz CT molecular complexity index is 1390. The number of nitro groups is 1. The van der Waals surface area contributed by atoms with E-state index >= 15 is 0 Å². The summed E-state index contributed by atoms with van der Waals surface area (Å²) in [7, 11) is 0. The summed E-state index contributed by atoms with van der Waals surface area (Å²) in [6.07, 6.45) is 5.75. The van der Waals surface area contributed by atoms with Crippen LogP contribution in [-0.2, 0) is 6.61 Å². The topological polar surface area (TPSA) is 64.4 Å². The monoisotopic (exact) mass is 448 g/mol. The van der Waals surface area contributed by atoms with E-state index in [-0.39, 0.29) is 11.7 Å². The van der Waals surface area contributed by atoms with Crippen LogP contribution in [0.5, 0.6) is 5.75 Å². The molecule has 5 nitrogen and oxygen atoms in total. The van der Waals surface area contributed by atoms with Gasteiger partial charge >= 0.3 is 0 Å². The lowest BCUT2D eigenvalue weighted by Crippen LogP contribution is -2.29. The Morgan fingerprint density at radius 1 is 0.941 bits per heavy atom. The normalized spacial score (nSPS) is 20.4. The standard InChI is InChI=1S/C29H24N2O3/c32-31(33)22-13-8-19(9-14-22)18-34-23-15-10-21(11-16-23)28-26-7-3-6-25(26)27-17-12-20-4-1-2-5-24(20)29(27)30-28/h1-6,8-17,25-26,28,30H,7,18H2/t25-,26+,28+/m1/s1. The number of hydrogen-bond donors (Lipinski definition) is 1. The number of nitrogens with one attached hydrogen (secondary N) is 1. The van der Waals surface area contributed by atoms with E-state index in [1.165, 1.54) is 39.7 Å². The van der Waals surface area contributed by atoms with Crippen LogP contribution in [0.2, 0.25) is 0 Å². The van der Waals surface area contributed by atoms with Crippen LogP contribution in [0.3, 0.4) is 0 Å². The van der Waals surface area contributed by atoms with E-state index < -0.39 is 4.92 Å². The fraction of sp³-hybridized carbons (Fsp3) is 0.172. The van der Waals surface area contributed by atoms with Gasteiger partial charge in [-0.05, 0) is 58.7 Å². The summed E-state index contributed by atoms with van der Waals surface area (Å²) in [5, 5.41) is 17.2. The largest absolute Gasteiger partial charge is 0.489 e. The molecule has 0 unspecified atom stereocenters. The van der Waals surface area contributed by atoms with Crippen LogP contribution in [0.15, 0.2) is 97.1 Å². The van der Waals surface area contributed by atoms with Crippen molar-refractivity contribution in [2.45, 2.75) is 25.0 Å². The molecule has 168 valence electrons. The lowest BCUT2D eigenvalue weighted by Gasteiger charge is -2.38. The van der Waals surface area contributed by atoms with E-state index in [9.17, 15) is 10.1 Å². The number of ether oxygens (including phenoxy) is 1. The van der Waals surface area contributed by atoms with E-state index in [1.54, 1.807) is 12.1 Å². The summed E-state index contributed by atoms with van der Waals surface area (Å²) >= 11 is 0. The fourth-order valence-electron chi connectivity index (χ4n) is 5.32. The number of anilines is 1. The Balaban J connectivity index is 1.23. The van der Waals surface area contributed by atoms with Gasteiger partial charge in [-0.2, -0.15) is 0 Å². The highest BCUT2D eigenvalue weighted by atomic mass is 16.6. The van der Waals surface area contributed by atoms with Gasteiger partial charge in [0.2, 0.25) is 0 Å². The zero-order chi connectivity index (χ0) is 23.1. The van der Waals surface area contributed by atoms with E-state index in [0.29, 0.717) is 18.4 Å². The highest BCUT2D eigenvalue weighted by Gasteiger charge is 2.38. The minimum Gasteiger partial charge on any atom is -0.489 e. The molecule has 3 atom stereocenters. The minimum absolute atomic E-state index is 0.0853. The maximum Gasteiger partial charge on any atom is 0.269 e. The van der Waals surface area contributed by atoms with Gasteiger partial charge < -0.3 is 10.1 Å². The Hall–Kier alpha value is -4.12. The van der Waals surface area contributed by atoms with Crippen molar-refractivity contribution in [1.82, 2.24) is 0 Å². The molecule has 0 bridgehead atoms. The number of fused-ring (bicyclic) bond motifs is 5. The lowest BCUT2D eigenvalue weighted by atomic mass is 9.76. The van der Waals surface area contributed by atoms with Gasteiger partial charge in [0.05, 0.1) is 11.0 Å². The molecule has 1 aliphatic heterocycles. The Kier molecular flexibility index (Phi) is 5.02. The minimum atomic E-state index is -0.395. The third-order valence-electron chi connectivity index (χ3n) is 7.05. The van der Waals surface area contributed by atoms with Gasteiger partial charge in [0.1, 0.15) is 12.4 Å². The van der Waals surface area contributed by atoms with Gasteiger partial charge in [-0.25, -0.2) is 0 Å². The molecular weight excluding hydrogens is 424 g/mol. The van der Waals surface area contributed by atoms with Crippen molar-refractivity contribution in [2.75, 3.05) is 5.32 Å². The van der Waals surface area contributed by atoms with Crippen LogP contribution < -0.4 is 10.1 Å². The molecule has 0 saturated heterocycles. The number of nitrogens with zero attached hydrogens (tertiary/aromatic N) is 1. The summed E-state index contributed by atoms with van der Waals surface area (Å²) in [4.78, 5) is 10.4. The molecule has 6 rings (SSSR count). The second-order valence-corrected chi connectivity index (χ2v) is 9.01. The van der Waals surface area contributed by atoms with Crippen molar-refractivity contribution in [2.24, 2.45) is 5.92 Å². The first kappa shape index (κ1) is 20.5. The average molecular weight is 449 g/mol. The first-order valence-corrected chi connectivity index (χ1v) is 11.6. The Morgan fingerprint density at radius 3 is 2.53 bits per heavy atom. The number of nitro benzene ring substituents is 1. The van der Waals surface area contributed by atoms with Gasteiger partial charge in [0.25, 0.3) is 5.69 Å². The molecule has 5 heteroatoms. The predicted molar refractivity (Wildman–Crippen MR) is 134 cm³/mol. The summed E-state index contributed by atoms with van der Waals surface area (Å²) in [5.74, 6) is 1.69. The molecule has 4 aromatic rings. The van der Waals surface area contributed by atoms with Crippen LogP contribution >= 0.6 is 0 Å². The molecule has 2 aliphatic rings. The van der Waals surface area contributed by atoms with Crippen molar-refractivity contribution < 1.29 is 9.66 Å². The number of allylic oxidation sites excluding steroid dienone is 2. The third-order valence-corrected chi connectivity index (χ3v) is 7.05. The molecule has 0 fully saturated rings. The molecule has 4 aromatic carbocycles.